The lowest BCUT2D eigenvalue weighted by molar-refractivity contribution is 0.0910. The lowest BCUT2D eigenvalue weighted by Crippen LogP contribution is -2.49. The minimum atomic E-state index is -0.468. The van der Waals surface area contributed by atoms with Crippen molar-refractivity contribution in [1.29, 1.82) is 0 Å². The summed E-state index contributed by atoms with van der Waals surface area (Å²) in [5.74, 6) is -0.803. The number of benzene rings is 1. The van der Waals surface area contributed by atoms with Crippen molar-refractivity contribution in [3.63, 3.8) is 0 Å². The van der Waals surface area contributed by atoms with Crippen LogP contribution in [0.1, 0.15) is 22.8 Å². The van der Waals surface area contributed by atoms with Gasteiger partial charge in [0.1, 0.15) is 5.82 Å². The molecule has 4 nitrogen and oxygen atoms in total. The zero-order chi connectivity index (χ0) is 15.4. The predicted molar refractivity (Wildman–Crippen MR) is 82.0 cm³/mol. The number of aryl methyl sites for hydroxylation is 1. The summed E-state index contributed by atoms with van der Waals surface area (Å²) in [6.45, 7) is 8.73. The summed E-state index contributed by atoms with van der Waals surface area (Å²) >= 11 is 0. The van der Waals surface area contributed by atoms with Gasteiger partial charge in [0.25, 0.3) is 5.91 Å². The van der Waals surface area contributed by atoms with Gasteiger partial charge in [0.15, 0.2) is 0 Å². The van der Waals surface area contributed by atoms with Gasteiger partial charge in [-0.15, -0.1) is 0 Å². The largest absolute Gasteiger partial charge is 0.348 e. The number of carbonyl (C=O) groups is 1. The molecule has 1 aromatic carbocycles. The Kier molecular flexibility index (Phi) is 5.31. The Morgan fingerprint density at radius 3 is 2.67 bits per heavy atom. The van der Waals surface area contributed by atoms with Gasteiger partial charge in [0.05, 0.1) is 5.56 Å². The van der Waals surface area contributed by atoms with E-state index in [9.17, 15) is 9.18 Å². The molecule has 1 atom stereocenters. The lowest BCUT2D eigenvalue weighted by atomic mass is 10.1. The number of piperazine rings is 1. The fourth-order valence-corrected chi connectivity index (χ4v) is 2.58. The third kappa shape index (κ3) is 4.51. The summed E-state index contributed by atoms with van der Waals surface area (Å²) in [5, 5.41) is 2.89. The molecule has 1 aromatic rings. The summed E-state index contributed by atoms with van der Waals surface area (Å²) in [7, 11) is 2.11. The highest BCUT2D eigenvalue weighted by atomic mass is 19.1. The van der Waals surface area contributed by atoms with E-state index in [4.69, 9.17) is 0 Å². The highest BCUT2D eigenvalue weighted by molar-refractivity contribution is 5.94. The van der Waals surface area contributed by atoms with Crippen LogP contribution in [0.25, 0.3) is 0 Å². The monoisotopic (exact) mass is 293 g/mol. The first-order valence-corrected chi connectivity index (χ1v) is 7.43. The molecule has 5 heteroatoms. The van der Waals surface area contributed by atoms with E-state index in [0.717, 1.165) is 38.3 Å². The fourth-order valence-electron chi connectivity index (χ4n) is 2.58. The van der Waals surface area contributed by atoms with Gasteiger partial charge in [0, 0.05) is 38.8 Å². The average Bonchev–Trinajstić information content (AvgIpc) is 2.44. The molecular weight excluding hydrogens is 269 g/mol. The van der Waals surface area contributed by atoms with E-state index in [1.165, 1.54) is 6.07 Å². The van der Waals surface area contributed by atoms with Gasteiger partial charge < -0.3 is 10.2 Å². The van der Waals surface area contributed by atoms with Crippen LogP contribution in [0, 0.1) is 12.7 Å². The maximum atomic E-state index is 13.7. The standard InChI is InChI=1S/C16H24FN3O/c1-12-4-5-15(17)14(10-12)16(21)18-13(2)11-20-8-6-19(3)7-9-20/h4-5,10,13H,6-9,11H2,1-3H3,(H,18,21). The van der Waals surface area contributed by atoms with E-state index in [1.54, 1.807) is 12.1 Å². The molecule has 1 fully saturated rings. The van der Waals surface area contributed by atoms with Crippen LogP contribution < -0.4 is 5.32 Å². The van der Waals surface area contributed by atoms with Gasteiger partial charge in [-0.05, 0) is 33.0 Å². The number of nitrogens with one attached hydrogen (secondary N) is 1. The first-order chi connectivity index (χ1) is 9.95. The minimum Gasteiger partial charge on any atom is -0.348 e. The van der Waals surface area contributed by atoms with E-state index in [-0.39, 0.29) is 17.5 Å². The number of hydrogen-bond acceptors (Lipinski definition) is 3. The summed E-state index contributed by atoms with van der Waals surface area (Å²) in [5.41, 5.74) is 1.01. The molecule has 116 valence electrons. The minimum absolute atomic E-state index is 0.000758. The third-order valence-electron chi connectivity index (χ3n) is 3.87. The summed E-state index contributed by atoms with van der Waals surface area (Å²) in [4.78, 5) is 16.8. The molecule has 21 heavy (non-hydrogen) atoms. The zero-order valence-electron chi connectivity index (χ0n) is 13.0. The second-order valence-electron chi connectivity index (χ2n) is 5.96. The molecular formula is C16H24FN3O. The SMILES string of the molecule is Cc1ccc(F)c(C(=O)NC(C)CN2CCN(C)CC2)c1. The lowest BCUT2D eigenvalue weighted by Gasteiger charge is -2.34. The summed E-state index contributed by atoms with van der Waals surface area (Å²) in [6, 6.07) is 4.60. The molecule has 0 radical (unpaired) electrons. The molecule has 0 aliphatic carbocycles. The number of nitrogens with zero attached hydrogens (tertiary/aromatic N) is 2. The first kappa shape index (κ1) is 15.9. The summed E-state index contributed by atoms with van der Waals surface area (Å²) in [6.07, 6.45) is 0. The smallest absolute Gasteiger partial charge is 0.254 e. The molecule has 1 aliphatic heterocycles. The fraction of sp³-hybridized carbons (Fsp3) is 0.562. The number of carbonyl (C=O) groups excluding carboxylic acids is 1. The van der Waals surface area contributed by atoms with Crippen LogP contribution in [-0.2, 0) is 0 Å². The number of likely N-dealkylation sites (N-methyl/N-ethyl adjacent to an activating group) is 1. The Hall–Kier alpha value is -1.46. The molecule has 1 unspecified atom stereocenters. The van der Waals surface area contributed by atoms with Crippen molar-refractivity contribution in [2.45, 2.75) is 19.9 Å². The quantitative estimate of drug-likeness (QED) is 0.914. The van der Waals surface area contributed by atoms with Crippen molar-refractivity contribution in [1.82, 2.24) is 15.1 Å². The second kappa shape index (κ2) is 7.00. The van der Waals surface area contributed by atoms with Crippen molar-refractivity contribution in [3.05, 3.63) is 35.1 Å². The van der Waals surface area contributed by atoms with Crippen molar-refractivity contribution in [2.75, 3.05) is 39.8 Å². The van der Waals surface area contributed by atoms with Gasteiger partial charge in [-0.3, -0.25) is 9.69 Å². The molecule has 1 saturated heterocycles. The van der Waals surface area contributed by atoms with Gasteiger partial charge >= 0.3 is 0 Å². The van der Waals surface area contributed by atoms with Crippen LogP contribution in [0.4, 0.5) is 4.39 Å². The summed E-state index contributed by atoms with van der Waals surface area (Å²) < 4.78 is 13.7. The van der Waals surface area contributed by atoms with E-state index in [0.29, 0.717) is 0 Å². The van der Waals surface area contributed by atoms with Gasteiger partial charge in [-0.2, -0.15) is 0 Å². The maximum absolute atomic E-state index is 13.7. The van der Waals surface area contributed by atoms with Crippen molar-refractivity contribution in [2.24, 2.45) is 0 Å². The van der Waals surface area contributed by atoms with Gasteiger partial charge in [-0.25, -0.2) is 4.39 Å². The molecule has 0 spiro atoms. The van der Waals surface area contributed by atoms with Crippen LogP contribution in [0.15, 0.2) is 18.2 Å². The van der Waals surface area contributed by atoms with Crippen molar-refractivity contribution in [3.8, 4) is 0 Å². The Balaban J connectivity index is 1.88. The number of halogens is 1. The maximum Gasteiger partial charge on any atom is 0.254 e. The molecule has 2 rings (SSSR count). The first-order valence-electron chi connectivity index (χ1n) is 7.43. The van der Waals surface area contributed by atoms with Crippen LogP contribution >= 0.6 is 0 Å². The molecule has 1 amide bonds. The zero-order valence-corrected chi connectivity index (χ0v) is 13.0. The topological polar surface area (TPSA) is 35.6 Å². The molecule has 0 bridgehead atoms. The number of rotatable bonds is 4. The van der Waals surface area contributed by atoms with Crippen molar-refractivity contribution >= 4 is 5.91 Å². The van der Waals surface area contributed by atoms with Crippen LogP contribution in [0.2, 0.25) is 0 Å². The van der Waals surface area contributed by atoms with E-state index < -0.39 is 5.82 Å². The Bertz CT molecular complexity index is 498. The van der Waals surface area contributed by atoms with Gasteiger partial charge in [0.2, 0.25) is 0 Å². The van der Waals surface area contributed by atoms with Gasteiger partial charge in [-0.1, -0.05) is 11.6 Å². The van der Waals surface area contributed by atoms with E-state index in [1.807, 2.05) is 13.8 Å². The number of amides is 1. The van der Waals surface area contributed by atoms with E-state index in [2.05, 4.69) is 22.2 Å². The third-order valence-corrected chi connectivity index (χ3v) is 3.87. The molecule has 1 heterocycles. The number of hydrogen-bond donors (Lipinski definition) is 1. The van der Waals surface area contributed by atoms with Crippen molar-refractivity contribution < 1.29 is 9.18 Å². The Morgan fingerprint density at radius 1 is 1.33 bits per heavy atom. The normalized spacial score (nSPS) is 18.5. The van der Waals surface area contributed by atoms with Crippen LogP contribution in [-0.4, -0.2) is 61.5 Å². The molecule has 1 aliphatic rings. The highest BCUT2D eigenvalue weighted by Gasteiger charge is 2.19. The Morgan fingerprint density at radius 2 is 2.00 bits per heavy atom. The molecule has 1 N–H and O–H groups in total. The molecule has 0 saturated carbocycles. The Labute approximate surface area is 125 Å². The van der Waals surface area contributed by atoms with Crippen LogP contribution in [0.3, 0.4) is 0 Å². The van der Waals surface area contributed by atoms with Crippen LogP contribution in [0.5, 0.6) is 0 Å². The predicted octanol–water partition coefficient (Wildman–Crippen LogP) is 1.50. The molecule has 0 aromatic heterocycles. The highest BCUT2D eigenvalue weighted by Crippen LogP contribution is 2.10. The second-order valence-corrected chi connectivity index (χ2v) is 5.96. The van der Waals surface area contributed by atoms with E-state index >= 15 is 0 Å². The average molecular weight is 293 g/mol.